The predicted octanol–water partition coefficient (Wildman–Crippen LogP) is 1.68. The summed E-state index contributed by atoms with van der Waals surface area (Å²) in [6.07, 6.45) is 1.73. The van der Waals surface area contributed by atoms with E-state index in [4.69, 9.17) is 5.73 Å². The number of hydrogen-bond acceptors (Lipinski definition) is 7. The molecule has 108 valence electrons. The lowest BCUT2D eigenvalue weighted by Crippen LogP contribution is -2.31. The van der Waals surface area contributed by atoms with Crippen molar-refractivity contribution in [3.8, 4) is 5.88 Å². The number of nitrogen functional groups attached to an aromatic ring is 1. The summed E-state index contributed by atoms with van der Waals surface area (Å²) in [4.78, 5) is 11.9. The Hall–Kier alpha value is -2.83. The number of aliphatic imine (C=N–C) groups is 1. The molecule has 2 aromatic rings. The van der Waals surface area contributed by atoms with Gasteiger partial charge in [-0.2, -0.15) is 9.97 Å². The number of aromatic nitrogens is 2. The minimum absolute atomic E-state index is 0.00132. The maximum absolute atomic E-state index is 9.78. The van der Waals surface area contributed by atoms with Crippen LogP contribution in [0, 0.1) is 6.92 Å². The van der Waals surface area contributed by atoms with Gasteiger partial charge < -0.3 is 21.5 Å². The van der Waals surface area contributed by atoms with Gasteiger partial charge in [0, 0.05) is 18.4 Å². The van der Waals surface area contributed by atoms with E-state index < -0.39 is 0 Å². The fourth-order valence-electron chi connectivity index (χ4n) is 2.06. The molecule has 1 aliphatic rings. The number of nitrogens with zero attached hydrogens (tertiary/aromatic N) is 3. The first-order valence-electron chi connectivity index (χ1n) is 6.59. The van der Waals surface area contributed by atoms with Gasteiger partial charge in [0.2, 0.25) is 11.8 Å². The summed E-state index contributed by atoms with van der Waals surface area (Å²) in [6.45, 7) is 2.67. The van der Waals surface area contributed by atoms with Gasteiger partial charge in [0.05, 0.1) is 6.04 Å². The highest BCUT2D eigenvalue weighted by Crippen LogP contribution is 2.33. The number of benzene rings is 1. The molecule has 1 aliphatic heterocycles. The molecule has 1 aromatic heterocycles. The van der Waals surface area contributed by atoms with Crippen LogP contribution in [0.1, 0.15) is 5.56 Å². The van der Waals surface area contributed by atoms with Crippen molar-refractivity contribution in [1.29, 1.82) is 0 Å². The van der Waals surface area contributed by atoms with Crippen molar-refractivity contribution in [2.24, 2.45) is 4.99 Å². The van der Waals surface area contributed by atoms with Crippen molar-refractivity contribution in [2.75, 3.05) is 22.9 Å². The van der Waals surface area contributed by atoms with E-state index in [1.165, 1.54) is 5.56 Å². The number of fused-ring (bicyclic) bond motifs is 1. The molecule has 3 rings (SSSR count). The Kier molecular flexibility index (Phi) is 3.31. The smallest absolute Gasteiger partial charge is 0.242 e. The van der Waals surface area contributed by atoms with Gasteiger partial charge in [-0.15, -0.1) is 0 Å². The van der Waals surface area contributed by atoms with Gasteiger partial charge in [-0.1, -0.05) is 17.7 Å². The molecule has 2 heterocycles. The molecule has 7 nitrogen and oxygen atoms in total. The van der Waals surface area contributed by atoms with E-state index in [2.05, 4.69) is 25.6 Å². The van der Waals surface area contributed by atoms with Crippen molar-refractivity contribution < 1.29 is 5.11 Å². The minimum atomic E-state index is -0.185. The highest BCUT2D eigenvalue weighted by atomic mass is 16.3. The van der Waals surface area contributed by atoms with Crippen LogP contribution in [0.3, 0.4) is 0 Å². The molecule has 1 atom stereocenters. The van der Waals surface area contributed by atoms with Crippen LogP contribution in [-0.2, 0) is 0 Å². The summed E-state index contributed by atoms with van der Waals surface area (Å²) < 4.78 is 0. The minimum Gasteiger partial charge on any atom is -0.492 e. The third-order valence-corrected chi connectivity index (χ3v) is 3.17. The lowest BCUT2D eigenvalue weighted by Gasteiger charge is -2.21. The van der Waals surface area contributed by atoms with Crippen molar-refractivity contribution in [2.45, 2.75) is 13.0 Å². The van der Waals surface area contributed by atoms with Crippen molar-refractivity contribution in [3.05, 3.63) is 29.8 Å². The average Bonchev–Trinajstić information content (AvgIpc) is 2.47. The molecule has 0 saturated carbocycles. The Balaban J connectivity index is 1.68. The lowest BCUT2D eigenvalue weighted by molar-refractivity contribution is 0.455. The summed E-state index contributed by atoms with van der Waals surface area (Å²) in [7, 11) is 0. The Morgan fingerprint density at radius 2 is 2.05 bits per heavy atom. The second-order valence-electron chi connectivity index (χ2n) is 4.88. The fourth-order valence-corrected chi connectivity index (χ4v) is 2.06. The van der Waals surface area contributed by atoms with Crippen molar-refractivity contribution >= 4 is 29.4 Å². The maximum atomic E-state index is 9.78. The molecule has 0 fully saturated rings. The summed E-state index contributed by atoms with van der Waals surface area (Å²) in [5, 5.41) is 16.2. The molecule has 0 amide bonds. The van der Waals surface area contributed by atoms with E-state index in [0.717, 1.165) is 5.69 Å². The highest BCUT2D eigenvalue weighted by Gasteiger charge is 2.19. The van der Waals surface area contributed by atoms with E-state index in [-0.39, 0.29) is 17.9 Å². The van der Waals surface area contributed by atoms with E-state index in [1.807, 2.05) is 31.2 Å². The van der Waals surface area contributed by atoms with Crippen LogP contribution >= 0.6 is 0 Å². The Morgan fingerprint density at radius 1 is 1.29 bits per heavy atom. The summed E-state index contributed by atoms with van der Waals surface area (Å²) >= 11 is 0. The first kappa shape index (κ1) is 13.2. The van der Waals surface area contributed by atoms with Crippen LogP contribution in [0.5, 0.6) is 5.88 Å². The van der Waals surface area contributed by atoms with Crippen LogP contribution in [0.25, 0.3) is 0 Å². The van der Waals surface area contributed by atoms with Crippen LogP contribution in [-0.4, -0.2) is 33.9 Å². The van der Waals surface area contributed by atoms with Crippen LogP contribution in [0.4, 0.5) is 23.1 Å². The molecular weight excluding hydrogens is 268 g/mol. The van der Waals surface area contributed by atoms with E-state index >= 15 is 0 Å². The number of aromatic hydroxyl groups is 1. The number of anilines is 3. The standard InChI is InChI=1S/C14H16N6O/c1-8-2-4-9(5-3-8)16-6-10-7-17-12-11(18-10)13(21)20-14(15)19-12/h2-5,7,10,16,18H,6H2,1H3,(H3,15,19,20,21). The fraction of sp³-hybridized carbons (Fsp3) is 0.214. The molecule has 7 heteroatoms. The van der Waals surface area contributed by atoms with Gasteiger partial charge in [0.1, 0.15) is 5.69 Å². The zero-order chi connectivity index (χ0) is 14.8. The molecule has 21 heavy (non-hydrogen) atoms. The van der Waals surface area contributed by atoms with Crippen LogP contribution in [0.2, 0.25) is 0 Å². The molecule has 1 aromatic carbocycles. The van der Waals surface area contributed by atoms with Gasteiger partial charge in [-0.25, -0.2) is 4.99 Å². The zero-order valence-corrected chi connectivity index (χ0v) is 11.5. The van der Waals surface area contributed by atoms with Gasteiger partial charge in [-0.3, -0.25) is 0 Å². The number of rotatable bonds is 3. The first-order valence-corrected chi connectivity index (χ1v) is 6.59. The van der Waals surface area contributed by atoms with Gasteiger partial charge >= 0.3 is 0 Å². The third kappa shape index (κ3) is 2.86. The van der Waals surface area contributed by atoms with E-state index in [1.54, 1.807) is 6.21 Å². The van der Waals surface area contributed by atoms with Gasteiger partial charge in [-0.05, 0) is 19.1 Å². The molecule has 0 saturated heterocycles. The van der Waals surface area contributed by atoms with Gasteiger partial charge in [0.25, 0.3) is 0 Å². The Labute approximate surface area is 122 Å². The normalized spacial score (nSPS) is 16.1. The van der Waals surface area contributed by atoms with Crippen LogP contribution in [0.15, 0.2) is 29.3 Å². The molecule has 0 aliphatic carbocycles. The second kappa shape index (κ2) is 5.28. The van der Waals surface area contributed by atoms with Gasteiger partial charge in [0.15, 0.2) is 5.82 Å². The van der Waals surface area contributed by atoms with Crippen molar-refractivity contribution in [3.63, 3.8) is 0 Å². The molecule has 0 radical (unpaired) electrons. The number of nitrogens with one attached hydrogen (secondary N) is 2. The third-order valence-electron chi connectivity index (χ3n) is 3.17. The largest absolute Gasteiger partial charge is 0.492 e. The second-order valence-corrected chi connectivity index (χ2v) is 4.88. The Bertz CT molecular complexity index is 683. The topological polar surface area (TPSA) is 108 Å². The van der Waals surface area contributed by atoms with E-state index in [9.17, 15) is 5.11 Å². The Morgan fingerprint density at radius 3 is 2.81 bits per heavy atom. The summed E-state index contributed by atoms with van der Waals surface area (Å²) in [5.41, 5.74) is 8.11. The maximum Gasteiger partial charge on any atom is 0.242 e. The number of hydrogen-bond donors (Lipinski definition) is 4. The molecule has 0 bridgehead atoms. The highest BCUT2D eigenvalue weighted by molar-refractivity contribution is 5.84. The lowest BCUT2D eigenvalue weighted by atomic mass is 10.2. The predicted molar refractivity (Wildman–Crippen MR) is 83.3 cm³/mol. The SMILES string of the molecule is Cc1ccc(NCC2C=Nc3nc(N)nc(O)c3N2)cc1. The summed E-state index contributed by atoms with van der Waals surface area (Å²) in [6, 6.07) is 8.05. The number of aryl methyl sites for hydroxylation is 1. The average molecular weight is 284 g/mol. The quantitative estimate of drug-likeness (QED) is 0.683. The molecule has 5 N–H and O–H groups in total. The van der Waals surface area contributed by atoms with E-state index in [0.29, 0.717) is 18.1 Å². The summed E-state index contributed by atoms with van der Waals surface area (Å²) in [5.74, 6) is 0.169. The zero-order valence-electron chi connectivity index (χ0n) is 11.5. The monoisotopic (exact) mass is 284 g/mol. The molecular formula is C14H16N6O. The first-order chi connectivity index (χ1) is 10.1. The molecule has 1 unspecified atom stereocenters. The number of nitrogens with two attached hydrogens (primary N) is 1. The molecule has 0 spiro atoms. The van der Waals surface area contributed by atoms with Crippen LogP contribution < -0.4 is 16.4 Å². The van der Waals surface area contributed by atoms with Crippen molar-refractivity contribution in [1.82, 2.24) is 9.97 Å².